The molecule has 17 heavy (non-hydrogen) atoms. The van der Waals surface area contributed by atoms with Crippen LogP contribution in [0.1, 0.15) is 23.2 Å². The Kier molecular flexibility index (Phi) is 2.99. The summed E-state index contributed by atoms with van der Waals surface area (Å²) >= 11 is 0. The first-order valence-electron chi connectivity index (χ1n) is 5.55. The molecule has 4 N–H and O–H groups in total. The van der Waals surface area contributed by atoms with Gasteiger partial charge in [0.1, 0.15) is 6.04 Å². The van der Waals surface area contributed by atoms with Gasteiger partial charge in [-0.05, 0) is 37.1 Å². The molecule has 1 saturated heterocycles. The summed E-state index contributed by atoms with van der Waals surface area (Å²) in [6.45, 7) is 0.580. The molecule has 0 radical (unpaired) electrons. The van der Waals surface area contributed by atoms with E-state index in [-0.39, 0.29) is 5.91 Å². The van der Waals surface area contributed by atoms with Crippen molar-refractivity contribution in [1.29, 1.82) is 0 Å². The molecule has 1 heterocycles. The highest BCUT2D eigenvalue weighted by Gasteiger charge is 2.32. The summed E-state index contributed by atoms with van der Waals surface area (Å²) in [4.78, 5) is 24.9. The average molecular weight is 233 g/mol. The molecule has 0 aliphatic carbocycles. The van der Waals surface area contributed by atoms with Crippen LogP contribution in [-0.4, -0.2) is 29.3 Å². The van der Waals surface area contributed by atoms with E-state index in [1.165, 1.54) is 4.90 Å². The van der Waals surface area contributed by atoms with E-state index in [9.17, 15) is 9.59 Å². The fraction of sp³-hybridized carbons (Fsp3) is 0.333. The number of hydrogen-bond acceptors (Lipinski definition) is 3. The van der Waals surface area contributed by atoms with Crippen molar-refractivity contribution in [3.05, 3.63) is 29.8 Å². The van der Waals surface area contributed by atoms with E-state index < -0.39 is 11.9 Å². The zero-order valence-corrected chi connectivity index (χ0v) is 9.43. The molecule has 2 rings (SSSR count). The maximum Gasteiger partial charge on any atom is 0.254 e. The number of nitrogens with zero attached hydrogens (tertiary/aromatic N) is 1. The Morgan fingerprint density at radius 1 is 1.24 bits per heavy atom. The van der Waals surface area contributed by atoms with Crippen LogP contribution in [0.3, 0.4) is 0 Å². The number of benzene rings is 1. The number of likely N-dealkylation sites (tertiary alicyclic amines) is 1. The zero-order chi connectivity index (χ0) is 12.4. The number of nitrogens with two attached hydrogens (primary N) is 2. The number of carbonyl (C=O) groups excluding carboxylic acids is 2. The van der Waals surface area contributed by atoms with Crippen molar-refractivity contribution in [2.45, 2.75) is 18.9 Å². The van der Waals surface area contributed by atoms with Gasteiger partial charge in [0.25, 0.3) is 5.91 Å². The van der Waals surface area contributed by atoms with Gasteiger partial charge in [-0.2, -0.15) is 0 Å². The Morgan fingerprint density at radius 2 is 1.88 bits per heavy atom. The lowest BCUT2D eigenvalue weighted by atomic mass is 10.1. The monoisotopic (exact) mass is 233 g/mol. The van der Waals surface area contributed by atoms with E-state index in [1.807, 2.05) is 0 Å². The first kappa shape index (κ1) is 11.4. The van der Waals surface area contributed by atoms with Crippen molar-refractivity contribution in [1.82, 2.24) is 4.90 Å². The third-order valence-electron chi connectivity index (χ3n) is 3.00. The van der Waals surface area contributed by atoms with Gasteiger partial charge in [-0.15, -0.1) is 0 Å². The average Bonchev–Trinajstić information content (AvgIpc) is 2.78. The number of primary amides is 1. The third kappa shape index (κ3) is 2.22. The smallest absolute Gasteiger partial charge is 0.254 e. The SMILES string of the molecule is NC(=O)C1CCCN1C(=O)c1ccc(N)cc1. The highest BCUT2D eigenvalue weighted by Crippen LogP contribution is 2.20. The van der Waals surface area contributed by atoms with Crippen molar-refractivity contribution >= 4 is 17.5 Å². The molecular formula is C12H15N3O2. The number of amides is 2. The van der Waals surface area contributed by atoms with Crippen LogP contribution in [-0.2, 0) is 4.79 Å². The Bertz CT molecular complexity index is 442. The molecule has 0 aromatic heterocycles. The molecule has 90 valence electrons. The quantitative estimate of drug-likeness (QED) is 0.723. The number of hydrogen-bond donors (Lipinski definition) is 2. The van der Waals surface area contributed by atoms with Crippen LogP contribution < -0.4 is 11.5 Å². The predicted octanol–water partition coefficient (Wildman–Crippen LogP) is 0.359. The van der Waals surface area contributed by atoms with Gasteiger partial charge in [0.05, 0.1) is 0 Å². The van der Waals surface area contributed by atoms with Crippen molar-refractivity contribution < 1.29 is 9.59 Å². The molecule has 1 unspecified atom stereocenters. The maximum absolute atomic E-state index is 12.2. The van der Waals surface area contributed by atoms with Gasteiger partial charge in [-0.25, -0.2) is 0 Å². The molecule has 0 spiro atoms. The van der Waals surface area contributed by atoms with Crippen molar-refractivity contribution in [3.8, 4) is 0 Å². The lowest BCUT2D eigenvalue weighted by molar-refractivity contribution is -0.121. The summed E-state index contributed by atoms with van der Waals surface area (Å²) in [5, 5.41) is 0. The summed E-state index contributed by atoms with van der Waals surface area (Å²) in [6.07, 6.45) is 1.46. The van der Waals surface area contributed by atoms with E-state index in [4.69, 9.17) is 11.5 Å². The van der Waals surface area contributed by atoms with Crippen LogP contribution in [0.2, 0.25) is 0 Å². The van der Waals surface area contributed by atoms with Crippen molar-refractivity contribution in [2.24, 2.45) is 5.73 Å². The first-order chi connectivity index (χ1) is 8.09. The van der Waals surface area contributed by atoms with Gasteiger partial charge in [-0.1, -0.05) is 0 Å². The summed E-state index contributed by atoms with van der Waals surface area (Å²) in [6, 6.07) is 6.19. The molecule has 1 aliphatic heterocycles. The highest BCUT2D eigenvalue weighted by atomic mass is 16.2. The summed E-state index contributed by atoms with van der Waals surface area (Å²) in [5.41, 5.74) is 12.0. The molecule has 1 aromatic carbocycles. The minimum Gasteiger partial charge on any atom is -0.399 e. The summed E-state index contributed by atoms with van der Waals surface area (Å²) in [5.74, 6) is -0.599. The first-order valence-corrected chi connectivity index (χ1v) is 5.55. The Hall–Kier alpha value is -2.04. The fourth-order valence-corrected chi connectivity index (χ4v) is 2.10. The molecule has 1 atom stereocenters. The van der Waals surface area contributed by atoms with Crippen molar-refractivity contribution in [3.63, 3.8) is 0 Å². The van der Waals surface area contributed by atoms with E-state index in [1.54, 1.807) is 24.3 Å². The molecule has 5 nitrogen and oxygen atoms in total. The van der Waals surface area contributed by atoms with Gasteiger partial charge < -0.3 is 16.4 Å². The van der Waals surface area contributed by atoms with E-state index in [2.05, 4.69) is 0 Å². The molecule has 1 aliphatic rings. The fourth-order valence-electron chi connectivity index (χ4n) is 2.10. The van der Waals surface area contributed by atoms with Crippen LogP contribution >= 0.6 is 0 Å². The minimum atomic E-state index is -0.472. The topological polar surface area (TPSA) is 89.4 Å². The second-order valence-electron chi connectivity index (χ2n) is 4.18. The second kappa shape index (κ2) is 4.45. The standard InChI is InChI=1S/C12H15N3O2/c13-9-5-3-8(4-6-9)12(17)15-7-1-2-10(15)11(14)16/h3-6,10H,1-2,7,13H2,(H2,14,16). The van der Waals surface area contributed by atoms with Crippen LogP contribution in [0.15, 0.2) is 24.3 Å². The largest absolute Gasteiger partial charge is 0.399 e. The Labute approximate surface area is 99.4 Å². The Morgan fingerprint density at radius 3 is 2.47 bits per heavy atom. The van der Waals surface area contributed by atoms with Crippen LogP contribution in [0.25, 0.3) is 0 Å². The van der Waals surface area contributed by atoms with Crippen LogP contribution in [0, 0.1) is 0 Å². The van der Waals surface area contributed by atoms with Crippen LogP contribution in [0.4, 0.5) is 5.69 Å². The molecule has 1 fully saturated rings. The number of rotatable bonds is 2. The normalized spacial score (nSPS) is 19.3. The van der Waals surface area contributed by atoms with Gasteiger partial charge >= 0.3 is 0 Å². The van der Waals surface area contributed by atoms with Crippen molar-refractivity contribution in [2.75, 3.05) is 12.3 Å². The minimum absolute atomic E-state index is 0.161. The predicted molar refractivity (Wildman–Crippen MR) is 64.1 cm³/mol. The molecule has 0 saturated carbocycles. The molecule has 2 amide bonds. The molecule has 5 heteroatoms. The van der Waals surface area contributed by atoms with Gasteiger partial charge in [-0.3, -0.25) is 9.59 Å². The third-order valence-corrected chi connectivity index (χ3v) is 3.00. The Balaban J connectivity index is 2.19. The summed E-state index contributed by atoms with van der Waals surface area (Å²) < 4.78 is 0. The van der Waals surface area contributed by atoms with Gasteiger partial charge in [0.2, 0.25) is 5.91 Å². The number of carbonyl (C=O) groups is 2. The molecule has 0 bridgehead atoms. The van der Waals surface area contributed by atoms with E-state index >= 15 is 0 Å². The molecular weight excluding hydrogens is 218 g/mol. The van der Waals surface area contributed by atoms with Gasteiger partial charge in [0.15, 0.2) is 0 Å². The molecule has 1 aromatic rings. The lowest BCUT2D eigenvalue weighted by Gasteiger charge is -2.22. The number of anilines is 1. The lowest BCUT2D eigenvalue weighted by Crippen LogP contribution is -2.43. The number of nitrogen functional groups attached to an aromatic ring is 1. The van der Waals surface area contributed by atoms with Gasteiger partial charge in [0, 0.05) is 17.8 Å². The summed E-state index contributed by atoms with van der Waals surface area (Å²) in [7, 11) is 0. The van der Waals surface area contributed by atoms with Crippen LogP contribution in [0.5, 0.6) is 0 Å². The highest BCUT2D eigenvalue weighted by molar-refractivity contribution is 5.97. The van der Waals surface area contributed by atoms with E-state index in [0.29, 0.717) is 24.2 Å². The second-order valence-corrected chi connectivity index (χ2v) is 4.18. The van der Waals surface area contributed by atoms with E-state index in [0.717, 1.165) is 6.42 Å². The maximum atomic E-state index is 12.2. The zero-order valence-electron chi connectivity index (χ0n) is 9.43.